The van der Waals surface area contributed by atoms with Crippen molar-refractivity contribution in [3.05, 3.63) is 46.7 Å². The van der Waals surface area contributed by atoms with Crippen LogP contribution in [0.25, 0.3) is 11.5 Å². The van der Waals surface area contributed by atoms with Crippen LogP contribution in [0, 0.1) is 11.3 Å². The van der Waals surface area contributed by atoms with Crippen molar-refractivity contribution >= 4 is 22.2 Å². The van der Waals surface area contributed by atoms with Gasteiger partial charge in [-0.3, -0.25) is 4.79 Å². The summed E-state index contributed by atoms with van der Waals surface area (Å²) in [6.07, 6.45) is 7.49. The number of amides is 1. The van der Waals surface area contributed by atoms with Gasteiger partial charge in [-0.05, 0) is 58.7 Å². The number of thiophene rings is 1. The van der Waals surface area contributed by atoms with Crippen molar-refractivity contribution in [3.8, 4) is 29.2 Å². The fraction of sp³-hybridized carbons (Fsp3) is 0.516. The van der Waals surface area contributed by atoms with E-state index in [4.69, 9.17) is 29.7 Å². The van der Waals surface area contributed by atoms with E-state index in [1.165, 1.54) is 17.4 Å². The van der Waals surface area contributed by atoms with Gasteiger partial charge in [-0.1, -0.05) is 11.7 Å². The molecular formula is C31H37N7O4S. The second-order valence-corrected chi connectivity index (χ2v) is 13.0. The van der Waals surface area contributed by atoms with Gasteiger partial charge in [0.05, 0.1) is 11.0 Å². The molecule has 2 aliphatic heterocycles. The summed E-state index contributed by atoms with van der Waals surface area (Å²) in [5, 5.41) is 14.7. The quantitative estimate of drug-likeness (QED) is 0.370. The molecule has 226 valence electrons. The minimum atomic E-state index is -0.630. The van der Waals surface area contributed by atoms with Crippen LogP contribution in [-0.4, -0.2) is 76.3 Å². The first kappa shape index (κ1) is 29.1. The number of pyridine rings is 1. The number of aromatic nitrogens is 3. The molecule has 1 aliphatic carbocycles. The normalized spacial score (nSPS) is 22.6. The minimum absolute atomic E-state index is 0.0593. The second kappa shape index (κ2) is 12.0. The standard InChI is InChI=1S/C31H37N7O4S/c1-4-26(39)38-13-9-20(10-14-38)41-21-15-23(34-25(16-21)40-18-19-7-6-12-37(19)3)29-35-30(42-36-29)31(2)11-5-8-24-27(31)22(17-32)28(33)43-24/h4,15-16,19-20H,1,5-14,18,33H2,2-3H3/t19-,31-/m0/s1. The lowest BCUT2D eigenvalue weighted by atomic mass is 9.72. The molecular weight excluding hydrogens is 566 g/mol. The third kappa shape index (κ3) is 5.71. The molecule has 0 radical (unpaired) electrons. The number of likely N-dealkylation sites (tertiary alicyclic amines) is 2. The van der Waals surface area contributed by atoms with Crippen LogP contribution in [0.2, 0.25) is 0 Å². The Bertz CT molecular complexity index is 1550. The number of nitrogens with zero attached hydrogens (tertiary/aromatic N) is 6. The molecule has 0 aromatic carbocycles. The highest BCUT2D eigenvalue weighted by Gasteiger charge is 2.43. The van der Waals surface area contributed by atoms with E-state index in [9.17, 15) is 10.1 Å². The highest BCUT2D eigenvalue weighted by atomic mass is 32.1. The van der Waals surface area contributed by atoms with Gasteiger partial charge in [-0.15, -0.1) is 11.3 Å². The van der Waals surface area contributed by atoms with Gasteiger partial charge in [-0.25, -0.2) is 4.98 Å². The van der Waals surface area contributed by atoms with Crippen molar-refractivity contribution in [3.63, 3.8) is 0 Å². The molecule has 12 heteroatoms. The first-order valence-corrected chi connectivity index (χ1v) is 15.7. The van der Waals surface area contributed by atoms with E-state index in [0.717, 1.165) is 49.1 Å². The molecule has 6 rings (SSSR count). The molecule has 3 aliphatic rings. The molecule has 5 heterocycles. The van der Waals surface area contributed by atoms with Crippen LogP contribution in [0.4, 0.5) is 5.00 Å². The number of ether oxygens (including phenoxy) is 2. The number of nitrogen functional groups attached to an aromatic ring is 1. The number of fused-ring (bicyclic) bond motifs is 1. The van der Waals surface area contributed by atoms with E-state index in [1.807, 2.05) is 19.1 Å². The Labute approximate surface area is 255 Å². The van der Waals surface area contributed by atoms with Crippen LogP contribution < -0.4 is 15.2 Å². The topological polar surface area (TPSA) is 144 Å². The van der Waals surface area contributed by atoms with Crippen molar-refractivity contribution in [1.82, 2.24) is 24.9 Å². The molecule has 11 nitrogen and oxygen atoms in total. The average Bonchev–Trinajstić information content (AvgIpc) is 3.75. The number of likely N-dealkylation sites (N-methyl/N-ethyl adjacent to an activating group) is 1. The predicted octanol–water partition coefficient (Wildman–Crippen LogP) is 4.32. The average molecular weight is 604 g/mol. The number of carbonyl (C=O) groups is 1. The molecule has 0 saturated carbocycles. The summed E-state index contributed by atoms with van der Waals surface area (Å²) in [6.45, 7) is 8.42. The Morgan fingerprint density at radius 2 is 2.09 bits per heavy atom. The van der Waals surface area contributed by atoms with Crippen molar-refractivity contribution < 1.29 is 18.8 Å². The number of hydrogen-bond acceptors (Lipinski definition) is 11. The van der Waals surface area contributed by atoms with Crippen LogP contribution in [-0.2, 0) is 16.6 Å². The number of rotatable bonds is 8. The van der Waals surface area contributed by atoms with E-state index in [0.29, 0.717) is 78.2 Å². The van der Waals surface area contributed by atoms with Crippen molar-refractivity contribution in [2.24, 2.45) is 0 Å². The SMILES string of the molecule is C=CC(=O)N1CCC(Oc2cc(OC[C@@H]3CCCN3C)nc(-c3noc([C@@]4(C)CCCc5sc(N)c(C#N)c54)n3)c2)CC1. The number of aryl methyl sites for hydroxylation is 1. The van der Waals surface area contributed by atoms with Gasteiger partial charge in [0.2, 0.25) is 23.5 Å². The summed E-state index contributed by atoms with van der Waals surface area (Å²) >= 11 is 1.47. The molecule has 1 amide bonds. The van der Waals surface area contributed by atoms with Crippen molar-refractivity contribution in [1.29, 1.82) is 5.26 Å². The van der Waals surface area contributed by atoms with E-state index in [2.05, 4.69) is 29.8 Å². The Morgan fingerprint density at radius 1 is 1.28 bits per heavy atom. The van der Waals surface area contributed by atoms with Crippen LogP contribution in [0.15, 0.2) is 29.3 Å². The van der Waals surface area contributed by atoms with Gasteiger partial charge >= 0.3 is 0 Å². The fourth-order valence-corrected chi connectivity index (χ4v) is 7.68. The van der Waals surface area contributed by atoms with Gasteiger partial charge in [0.15, 0.2) is 0 Å². The maximum absolute atomic E-state index is 12.0. The van der Waals surface area contributed by atoms with Gasteiger partial charge < -0.3 is 29.5 Å². The highest BCUT2D eigenvalue weighted by Crippen LogP contribution is 2.48. The van der Waals surface area contributed by atoms with Crippen LogP contribution in [0.5, 0.6) is 11.6 Å². The number of carbonyl (C=O) groups excluding carboxylic acids is 1. The van der Waals surface area contributed by atoms with Gasteiger partial charge in [-0.2, -0.15) is 10.2 Å². The molecule has 2 fully saturated rings. The van der Waals surface area contributed by atoms with E-state index in [1.54, 1.807) is 4.90 Å². The lowest BCUT2D eigenvalue weighted by molar-refractivity contribution is -0.127. The summed E-state index contributed by atoms with van der Waals surface area (Å²) in [5.41, 5.74) is 7.46. The van der Waals surface area contributed by atoms with Crippen LogP contribution in [0.1, 0.15) is 67.3 Å². The number of nitriles is 1. The Balaban J connectivity index is 1.28. The van der Waals surface area contributed by atoms with E-state index >= 15 is 0 Å². The minimum Gasteiger partial charge on any atom is -0.490 e. The Hall–Kier alpha value is -3.95. The Kier molecular flexibility index (Phi) is 8.11. The third-order valence-corrected chi connectivity index (χ3v) is 10.1. The number of hydrogen-bond donors (Lipinski definition) is 1. The molecule has 0 unspecified atom stereocenters. The lowest BCUT2D eigenvalue weighted by Crippen LogP contribution is -2.41. The summed E-state index contributed by atoms with van der Waals surface area (Å²) in [7, 11) is 2.11. The molecule has 0 spiro atoms. The molecule has 2 atom stereocenters. The maximum atomic E-state index is 12.0. The molecule has 43 heavy (non-hydrogen) atoms. The molecule has 0 bridgehead atoms. The zero-order valence-corrected chi connectivity index (χ0v) is 25.5. The van der Waals surface area contributed by atoms with Gasteiger partial charge in [0, 0.05) is 54.5 Å². The lowest BCUT2D eigenvalue weighted by Gasteiger charge is -2.31. The van der Waals surface area contributed by atoms with E-state index in [-0.39, 0.29) is 12.0 Å². The predicted molar refractivity (Wildman–Crippen MR) is 162 cm³/mol. The van der Waals surface area contributed by atoms with Crippen molar-refractivity contribution in [2.45, 2.75) is 69.4 Å². The largest absolute Gasteiger partial charge is 0.490 e. The maximum Gasteiger partial charge on any atom is 0.245 e. The molecule has 3 aromatic rings. The van der Waals surface area contributed by atoms with Crippen LogP contribution in [0.3, 0.4) is 0 Å². The van der Waals surface area contributed by atoms with Gasteiger partial charge in [0.1, 0.15) is 35.2 Å². The summed E-state index contributed by atoms with van der Waals surface area (Å²) in [5.74, 6) is 1.73. The van der Waals surface area contributed by atoms with Crippen molar-refractivity contribution in [2.75, 3.05) is 39.0 Å². The fourth-order valence-electron chi connectivity index (χ4n) is 6.49. The monoisotopic (exact) mass is 603 g/mol. The highest BCUT2D eigenvalue weighted by molar-refractivity contribution is 7.16. The number of anilines is 1. The summed E-state index contributed by atoms with van der Waals surface area (Å²) in [4.78, 5) is 26.8. The molecule has 2 N–H and O–H groups in total. The smallest absolute Gasteiger partial charge is 0.245 e. The second-order valence-electron chi connectivity index (χ2n) is 11.8. The summed E-state index contributed by atoms with van der Waals surface area (Å²) < 4.78 is 18.5. The first-order valence-electron chi connectivity index (χ1n) is 14.9. The molecule has 2 saturated heterocycles. The zero-order valence-electron chi connectivity index (χ0n) is 24.7. The summed E-state index contributed by atoms with van der Waals surface area (Å²) in [6, 6.07) is 6.23. The first-order chi connectivity index (χ1) is 20.8. The Morgan fingerprint density at radius 3 is 2.81 bits per heavy atom. The third-order valence-electron chi connectivity index (χ3n) is 8.98. The van der Waals surface area contributed by atoms with E-state index < -0.39 is 5.41 Å². The zero-order chi connectivity index (χ0) is 30.1. The van der Waals surface area contributed by atoms with Crippen LogP contribution >= 0.6 is 11.3 Å². The molecule has 3 aromatic heterocycles. The van der Waals surface area contributed by atoms with Gasteiger partial charge in [0.25, 0.3) is 0 Å². The number of piperidine rings is 1. The number of nitrogens with two attached hydrogens (primary N) is 1.